The molecule has 0 aliphatic rings. The Hall–Kier alpha value is -0.540. The highest BCUT2D eigenvalue weighted by molar-refractivity contribution is 7.60. The number of ether oxygens (including phenoxy) is 1. The third-order valence-electron chi connectivity index (χ3n) is 1.47. The fourth-order valence-electron chi connectivity index (χ4n) is 0.843. The summed E-state index contributed by atoms with van der Waals surface area (Å²) in [7, 11) is -2.90. The second kappa shape index (κ2) is 3.68. The molecule has 0 saturated carbocycles. The van der Waals surface area contributed by atoms with E-state index >= 15 is 0 Å². The fourth-order valence-corrected chi connectivity index (χ4v) is 1.94. The molecule has 0 aromatic heterocycles. The molecule has 4 nitrogen and oxygen atoms in total. The number of hydrogen-bond acceptors (Lipinski definition) is 2. The Labute approximate surface area is 80.3 Å². The molecule has 72 valence electrons. The maximum atomic E-state index is 10.9. The van der Waals surface area contributed by atoms with Gasteiger partial charge in [0, 0.05) is 0 Å². The Kier molecular flexibility index (Phi) is 2.98. The van der Waals surface area contributed by atoms with Crippen LogP contribution in [-0.4, -0.2) is 16.9 Å². The summed E-state index contributed by atoms with van der Waals surface area (Å²) in [6.07, 6.45) is 0. The van der Waals surface area contributed by atoms with Crippen molar-refractivity contribution in [3.8, 4) is 5.75 Å². The molecular weight excluding hydrogens is 214 g/mol. The standard InChI is InChI=1S/C7H8ClO4P/c1-12-5-2-3-6(8)7(4-5)13(9,10)11/h2-4H,1H3,(H2,9,10,11). The fraction of sp³-hybridized carbons (Fsp3) is 0.143. The van der Waals surface area contributed by atoms with Crippen LogP contribution in [0.15, 0.2) is 18.2 Å². The zero-order chi connectivity index (χ0) is 10.1. The Balaban J connectivity index is 3.27. The summed E-state index contributed by atoms with van der Waals surface area (Å²) >= 11 is 5.59. The Morgan fingerprint density at radius 2 is 2.08 bits per heavy atom. The smallest absolute Gasteiger partial charge is 0.357 e. The molecule has 0 unspecified atom stereocenters. The summed E-state index contributed by atoms with van der Waals surface area (Å²) in [4.78, 5) is 17.7. The summed E-state index contributed by atoms with van der Waals surface area (Å²) < 4.78 is 15.7. The van der Waals surface area contributed by atoms with Gasteiger partial charge in [-0.05, 0) is 18.2 Å². The monoisotopic (exact) mass is 222 g/mol. The average molecular weight is 223 g/mol. The first-order chi connectivity index (χ1) is 5.95. The quantitative estimate of drug-likeness (QED) is 0.737. The molecule has 6 heteroatoms. The van der Waals surface area contributed by atoms with Gasteiger partial charge in [-0.25, -0.2) is 0 Å². The van der Waals surface area contributed by atoms with Gasteiger partial charge in [-0.1, -0.05) is 11.6 Å². The second-order valence-corrected chi connectivity index (χ2v) is 4.34. The SMILES string of the molecule is COc1ccc(Cl)c(P(=O)(O)O)c1. The van der Waals surface area contributed by atoms with Gasteiger partial charge in [-0.3, -0.25) is 4.57 Å². The highest BCUT2D eigenvalue weighted by atomic mass is 35.5. The number of benzene rings is 1. The van der Waals surface area contributed by atoms with Crippen molar-refractivity contribution in [2.24, 2.45) is 0 Å². The lowest BCUT2D eigenvalue weighted by Crippen LogP contribution is -2.05. The summed E-state index contributed by atoms with van der Waals surface area (Å²) in [5, 5.41) is -0.178. The summed E-state index contributed by atoms with van der Waals surface area (Å²) in [6.45, 7) is 0. The molecule has 0 spiro atoms. The lowest BCUT2D eigenvalue weighted by molar-refractivity contribution is 0.386. The van der Waals surface area contributed by atoms with Gasteiger partial charge < -0.3 is 14.5 Å². The van der Waals surface area contributed by atoms with Crippen LogP contribution in [0.25, 0.3) is 0 Å². The Morgan fingerprint density at radius 3 is 2.54 bits per heavy atom. The average Bonchev–Trinajstić information content (AvgIpc) is 2.03. The highest BCUT2D eigenvalue weighted by Crippen LogP contribution is 2.37. The zero-order valence-electron chi connectivity index (χ0n) is 6.77. The minimum atomic E-state index is -4.31. The van der Waals surface area contributed by atoms with Gasteiger partial charge in [0.25, 0.3) is 0 Å². The van der Waals surface area contributed by atoms with E-state index in [-0.39, 0.29) is 10.3 Å². The number of methoxy groups -OCH3 is 1. The maximum absolute atomic E-state index is 10.9. The first-order valence-electron chi connectivity index (χ1n) is 3.35. The van der Waals surface area contributed by atoms with Crippen molar-refractivity contribution in [1.82, 2.24) is 0 Å². The van der Waals surface area contributed by atoms with E-state index in [4.69, 9.17) is 26.1 Å². The van der Waals surface area contributed by atoms with Crippen LogP contribution in [0.4, 0.5) is 0 Å². The van der Waals surface area contributed by atoms with E-state index in [1.807, 2.05) is 0 Å². The van der Waals surface area contributed by atoms with E-state index in [9.17, 15) is 4.57 Å². The largest absolute Gasteiger partial charge is 0.497 e. The van der Waals surface area contributed by atoms with Crippen molar-refractivity contribution in [2.75, 3.05) is 7.11 Å². The topological polar surface area (TPSA) is 66.8 Å². The van der Waals surface area contributed by atoms with Gasteiger partial charge in [0.15, 0.2) is 0 Å². The van der Waals surface area contributed by atoms with Crippen molar-refractivity contribution in [2.45, 2.75) is 0 Å². The van der Waals surface area contributed by atoms with Crippen LogP contribution in [0.1, 0.15) is 0 Å². The predicted molar refractivity (Wildman–Crippen MR) is 49.7 cm³/mol. The zero-order valence-corrected chi connectivity index (χ0v) is 8.42. The first-order valence-corrected chi connectivity index (χ1v) is 5.34. The van der Waals surface area contributed by atoms with Crippen LogP contribution in [-0.2, 0) is 4.57 Å². The molecule has 0 radical (unpaired) electrons. The Bertz CT molecular complexity index is 360. The predicted octanol–water partition coefficient (Wildman–Crippen LogP) is 1.15. The van der Waals surface area contributed by atoms with Gasteiger partial charge in [0.2, 0.25) is 0 Å². The van der Waals surface area contributed by atoms with Gasteiger partial charge in [0.1, 0.15) is 5.75 Å². The van der Waals surface area contributed by atoms with Crippen LogP contribution in [0.2, 0.25) is 5.02 Å². The normalized spacial score (nSPS) is 11.4. The lowest BCUT2D eigenvalue weighted by atomic mass is 10.3. The maximum Gasteiger partial charge on any atom is 0.357 e. The van der Waals surface area contributed by atoms with Gasteiger partial charge >= 0.3 is 7.60 Å². The molecule has 0 heterocycles. The van der Waals surface area contributed by atoms with E-state index in [1.54, 1.807) is 0 Å². The molecule has 0 saturated heterocycles. The molecule has 1 rings (SSSR count). The molecule has 0 atom stereocenters. The highest BCUT2D eigenvalue weighted by Gasteiger charge is 2.21. The summed E-state index contributed by atoms with van der Waals surface area (Å²) in [5.41, 5.74) is 0. The molecule has 1 aromatic rings. The summed E-state index contributed by atoms with van der Waals surface area (Å²) in [5.74, 6) is 0.364. The molecule has 0 fully saturated rings. The van der Waals surface area contributed by atoms with Gasteiger partial charge in [-0.15, -0.1) is 0 Å². The van der Waals surface area contributed by atoms with Crippen LogP contribution in [0, 0.1) is 0 Å². The van der Waals surface area contributed by atoms with Crippen molar-refractivity contribution < 1.29 is 19.1 Å². The molecule has 2 N–H and O–H groups in total. The van der Waals surface area contributed by atoms with Crippen LogP contribution < -0.4 is 10.0 Å². The van der Waals surface area contributed by atoms with E-state index in [2.05, 4.69) is 0 Å². The summed E-state index contributed by atoms with van der Waals surface area (Å²) in [6, 6.07) is 4.14. The Morgan fingerprint density at radius 1 is 1.46 bits per heavy atom. The molecular formula is C7H8ClO4P. The molecule has 13 heavy (non-hydrogen) atoms. The third kappa shape index (κ3) is 2.45. The van der Waals surface area contributed by atoms with Crippen LogP contribution >= 0.6 is 19.2 Å². The molecule has 0 aliphatic heterocycles. The van der Waals surface area contributed by atoms with Crippen molar-refractivity contribution >= 4 is 24.5 Å². The van der Waals surface area contributed by atoms with Gasteiger partial charge in [0.05, 0.1) is 17.4 Å². The van der Waals surface area contributed by atoms with E-state index in [0.29, 0.717) is 5.75 Å². The van der Waals surface area contributed by atoms with Crippen molar-refractivity contribution in [3.63, 3.8) is 0 Å². The minimum Gasteiger partial charge on any atom is -0.497 e. The molecule has 0 bridgehead atoms. The van der Waals surface area contributed by atoms with E-state index < -0.39 is 7.60 Å². The number of rotatable bonds is 2. The van der Waals surface area contributed by atoms with Gasteiger partial charge in [-0.2, -0.15) is 0 Å². The van der Waals surface area contributed by atoms with Crippen molar-refractivity contribution in [3.05, 3.63) is 23.2 Å². The van der Waals surface area contributed by atoms with E-state index in [0.717, 1.165) is 0 Å². The first kappa shape index (κ1) is 10.5. The van der Waals surface area contributed by atoms with Crippen LogP contribution in [0.5, 0.6) is 5.75 Å². The van der Waals surface area contributed by atoms with Crippen molar-refractivity contribution in [1.29, 1.82) is 0 Å². The number of hydrogen-bond donors (Lipinski definition) is 2. The number of halogens is 1. The molecule has 1 aromatic carbocycles. The van der Waals surface area contributed by atoms with Crippen LogP contribution in [0.3, 0.4) is 0 Å². The van der Waals surface area contributed by atoms with E-state index in [1.165, 1.54) is 25.3 Å². The minimum absolute atomic E-state index is 0.0362. The lowest BCUT2D eigenvalue weighted by Gasteiger charge is -2.07. The molecule has 0 amide bonds. The third-order valence-corrected chi connectivity index (χ3v) is 2.93. The second-order valence-electron chi connectivity index (χ2n) is 2.36. The molecule has 0 aliphatic carbocycles.